The van der Waals surface area contributed by atoms with Gasteiger partial charge in [0.25, 0.3) is 0 Å². The van der Waals surface area contributed by atoms with Crippen LogP contribution in [-0.4, -0.2) is 52.1 Å². The summed E-state index contributed by atoms with van der Waals surface area (Å²) < 4.78 is 33.5. The van der Waals surface area contributed by atoms with E-state index in [9.17, 15) is 8.42 Å². The molecule has 23 heavy (non-hydrogen) atoms. The lowest BCUT2D eigenvalue weighted by Crippen LogP contribution is -2.41. The molecule has 0 saturated carbocycles. The summed E-state index contributed by atoms with van der Waals surface area (Å²) in [5, 5.41) is -0.519. The molecule has 0 spiro atoms. The first-order valence-electron chi connectivity index (χ1n) is 7.93. The summed E-state index contributed by atoms with van der Waals surface area (Å²) in [6.07, 6.45) is 0. The van der Waals surface area contributed by atoms with Crippen molar-refractivity contribution in [2.24, 2.45) is 0 Å². The highest BCUT2D eigenvalue weighted by Gasteiger charge is 2.40. The van der Waals surface area contributed by atoms with E-state index in [1.54, 1.807) is 6.07 Å². The number of rotatable bonds is 4. The van der Waals surface area contributed by atoms with Gasteiger partial charge in [-0.05, 0) is 32.0 Å². The van der Waals surface area contributed by atoms with Crippen LogP contribution in [0, 0.1) is 0 Å². The molecule has 7 nitrogen and oxygen atoms in total. The summed E-state index contributed by atoms with van der Waals surface area (Å²) in [7, 11) is -3.48. The van der Waals surface area contributed by atoms with Gasteiger partial charge < -0.3 is 9.64 Å². The van der Waals surface area contributed by atoms with E-state index in [4.69, 9.17) is 4.74 Å². The van der Waals surface area contributed by atoms with Crippen LogP contribution in [0.15, 0.2) is 24.3 Å². The molecule has 8 heteroatoms. The third-order valence-corrected chi connectivity index (χ3v) is 6.42. The van der Waals surface area contributed by atoms with Crippen LogP contribution in [0.4, 0.5) is 11.4 Å². The molecule has 2 atom stereocenters. The Morgan fingerprint density at radius 1 is 1.17 bits per heavy atom. The third-order valence-electron chi connectivity index (χ3n) is 4.37. The van der Waals surface area contributed by atoms with Crippen LogP contribution in [0.1, 0.15) is 13.8 Å². The summed E-state index contributed by atoms with van der Waals surface area (Å²) in [5.74, 6) is 0. The van der Waals surface area contributed by atoms with Crippen LogP contribution in [0.25, 0.3) is 0 Å². The van der Waals surface area contributed by atoms with E-state index in [0.717, 1.165) is 18.8 Å². The van der Waals surface area contributed by atoms with Crippen molar-refractivity contribution in [2.75, 3.05) is 35.9 Å². The number of morpholine rings is 1. The van der Waals surface area contributed by atoms with Crippen LogP contribution in [0.3, 0.4) is 0 Å². The topological polar surface area (TPSA) is 82.7 Å². The maximum Gasteiger partial charge on any atom is 0.238 e. The lowest BCUT2D eigenvalue weighted by Gasteiger charge is -2.29. The Hall–Kier alpha value is -1.35. The molecule has 3 N–H and O–H groups in total. The largest absolute Gasteiger partial charge is 0.378 e. The number of hydrogen-bond donors (Lipinski definition) is 3. The lowest BCUT2D eigenvalue weighted by atomic mass is 10.2. The SMILES string of the molecule is CC1NNC(C)C1S(=O)(=O)Nc1cccc(N2CCOCC2)c1. The number of sulfonamides is 1. The Labute approximate surface area is 137 Å². The zero-order chi connectivity index (χ0) is 16.4. The molecule has 2 fully saturated rings. The number of benzene rings is 1. The van der Waals surface area contributed by atoms with E-state index in [-0.39, 0.29) is 12.1 Å². The Morgan fingerprint density at radius 2 is 1.83 bits per heavy atom. The van der Waals surface area contributed by atoms with Gasteiger partial charge in [0.05, 0.1) is 18.9 Å². The molecule has 3 rings (SSSR count). The predicted molar refractivity (Wildman–Crippen MR) is 91.0 cm³/mol. The van der Waals surface area contributed by atoms with Crippen molar-refractivity contribution in [1.29, 1.82) is 0 Å². The maximum absolute atomic E-state index is 12.7. The first-order valence-corrected chi connectivity index (χ1v) is 9.47. The second kappa shape index (κ2) is 6.64. The van der Waals surface area contributed by atoms with Gasteiger partial charge in [-0.25, -0.2) is 8.42 Å². The first-order chi connectivity index (χ1) is 11.0. The number of nitrogens with zero attached hydrogens (tertiary/aromatic N) is 1. The fourth-order valence-electron chi connectivity index (χ4n) is 3.22. The van der Waals surface area contributed by atoms with E-state index < -0.39 is 15.3 Å². The molecule has 0 aliphatic carbocycles. The minimum absolute atomic E-state index is 0.148. The second-order valence-electron chi connectivity index (χ2n) is 6.13. The summed E-state index contributed by atoms with van der Waals surface area (Å²) >= 11 is 0. The van der Waals surface area contributed by atoms with Crippen molar-refractivity contribution >= 4 is 21.4 Å². The molecular formula is C15H24N4O3S. The molecule has 2 heterocycles. The zero-order valence-corrected chi connectivity index (χ0v) is 14.3. The summed E-state index contributed by atoms with van der Waals surface area (Å²) in [4.78, 5) is 2.20. The van der Waals surface area contributed by atoms with Crippen molar-refractivity contribution in [3.05, 3.63) is 24.3 Å². The van der Waals surface area contributed by atoms with E-state index in [1.165, 1.54) is 0 Å². The smallest absolute Gasteiger partial charge is 0.238 e. The van der Waals surface area contributed by atoms with Crippen molar-refractivity contribution in [2.45, 2.75) is 31.2 Å². The quantitative estimate of drug-likeness (QED) is 0.741. The maximum atomic E-state index is 12.7. The van der Waals surface area contributed by atoms with Gasteiger partial charge in [0.1, 0.15) is 5.25 Å². The van der Waals surface area contributed by atoms with Crippen LogP contribution >= 0.6 is 0 Å². The Balaban J connectivity index is 1.77. The van der Waals surface area contributed by atoms with Crippen LogP contribution < -0.4 is 20.5 Å². The van der Waals surface area contributed by atoms with Crippen molar-refractivity contribution < 1.29 is 13.2 Å². The minimum Gasteiger partial charge on any atom is -0.378 e. The molecule has 2 saturated heterocycles. The molecule has 0 amide bonds. The van der Waals surface area contributed by atoms with Gasteiger partial charge in [0.2, 0.25) is 10.0 Å². The molecule has 2 unspecified atom stereocenters. The van der Waals surface area contributed by atoms with E-state index in [0.29, 0.717) is 18.9 Å². The Morgan fingerprint density at radius 3 is 2.48 bits per heavy atom. The van der Waals surface area contributed by atoms with Crippen molar-refractivity contribution in [3.63, 3.8) is 0 Å². The first kappa shape index (κ1) is 16.5. The van der Waals surface area contributed by atoms with Crippen LogP contribution in [0.5, 0.6) is 0 Å². The van der Waals surface area contributed by atoms with Gasteiger partial charge in [-0.15, -0.1) is 0 Å². The second-order valence-corrected chi connectivity index (χ2v) is 7.97. The highest BCUT2D eigenvalue weighted by atomic mass is 32.2. The summed E-state index contributed by atoms with van der Waals surface area (Å²) in [6, 6.07) is 7.24. The highest BCUT2D eigenvalue weighted by molar-refractivity contribution is 7.93. The monoisotopic (exact) mass is 340 g/mol. The standard InChI is InChI=1S/C15H24N4O3S/c1-11-15(12(2)17-16-11)23(20,21)18-13-4-3-5-14(10-13)19-6-8-22-9-7-19/h3-5,10-12,15-18H,6-9H2,1-2H3. The fourth-order valence-corrected chi connectivity index (χ4v) is 5.02. The average molecular weight is 340 g/mol. The van der Waals surface area contributed by atoms with E-state index in [1.807, 2.05) is 32.0 Å². The molecule has 0 aromatic heterocycles. The summed E-state index contributed by atoms with van der Waals surface area (Å²) in [6.45, 7) is 6.77. The van der Waals surface area contributed by atoms with Gasteiger partial charge in [-0.2, -0.15) is 0 Å². The van der Waals surface area contributed by atoms with E-state index in [2.05, 4.69) is 20.5 Å². The van der Waals surface area contributed by atoms with Crippen LogP contribution in [0.2, 0.25) is 0 Å². The predicted octanol–water partition coefficient (Wildman–Crippen LogP) is 0.518. The minimum atomic E-state index is -3.48. The van der Waals surface area contributed by atoms with Gasteiger partial charge in [-0.3, -0.25) is 15.6 Å². The van der Waals surface area contributed by atoms with Crippen molar-refractivity contribution in [1.82, 2.24) is 10.9 Å². The zero-order valence-electron chi connectivity index (χ0n) is 13.5. The van der Waals surface area contributed by atoms with Crippen LogP contribution in [-0.2, 0) is 14.8 Å². The number of hydrogen-bond acceptors (Lipinski definition) is 6. The molecule has 0 bridgehead atoms. The van der Waals surface area contributed by atoms with Gasteiger partial charge in [0.15, 0.2) is 0 Å². The normalized spacial score (nSPS) is 28.8. The number of nitrogens with one attached hydrogen (secondary N) is 3. The molecular weight excluding hydrogens is 316 g/mol. The van der Waals surface area contributed by atoms with Gasteiger partial charge in [-0.1, -0.05) is 6.07 Å². The number of anilines is 2. The van der Waals surface area contributed by atoms with Gasteiger partial charge >= 0.3 is 0 Å². The molecule has 0 radical (unpaired) electrons. The van der Waals surface area contributed by atoms with Gasteiger partial charge in [0, 0.05) is 30.9 Å². The highest BCUT2D eigenvalue weighted by Crippen LogP contribution is 2.24. The molecule has 128 valence electrons. The average Bonchev–Trinajstić information content (AvgIpc) is 2.88. The Bertz CT molecular complexity index is 636. The van der Waals surface area contributed by atoms with Crippen molar-refractivity contribution in [3.8, 4) is 0 Å². The Kier molecular flexibility index (Phi) is 4.77. The molecule has 1 aromatic rings. The third kappa shape index (κ3) is 3.60. The van der Waals surface area contributed by atoms with E-state index >= 15 is 0 Å². The molecule has 1 aromatic carbocycles. The number of ether oxygens (including phenoxy) is 1. The lowest BCUT2D eigenvalue weighted by molar-refractivity contribution is 0.122. The number of hydrazine groups is 1. The molecule has 2 aliphatic rings. The summed E-state index contributed by atoms with van der Waals surface area (Å²) in [5.41, 5.74) is 7.57. The fraction of sp³-hybridized carbons (Fsp3) is 0.600. The molecule has 2 aliphatic heterocycles.